The standard InChI is InChI=1S/C15H17ClFNO/c1-3-18-13(14-6-7-15(16)19-14)9-11-4-5-12(17)8-10(11)2/h4-8,13,18H,3,9H2,1-2H3. The first-order valence-corrected chi connectivity index (χ1v) is 6.71. The zero-order valence-electron chi connectivity index (χ0n) is 11.0. The van der Waals surface area contributed by atoms with E-state index in [2.05, 4.69) is 5.32 Å². The summed E-state index contributed by atoms with van der Waals surface area (Å²) in [6.45, 7) is 4.77. The quantitative estimate of drug-likeness (QED) is 0.885. The molecule has 0 amide bonds. The molecule has 0 fully saturated rings. The third-order valence-electron chi connectivity index (χ3n) is 3.12. The molecular formula is C15H17ClFNO. The van der Waals surface area contributed by atoms with E-state index in [4.69, 9.17) is 16.0 Å². The first-order chi connectivity index (χ1) is 9.10. The molecule has 1 unspecified atom stereocenters. The predicted octanol–water partition coefficient (Wildman–Crippen LogP) is 4.27. The molecule has 1 atom stereocenters. The van der Waals surface area contributed by atoms with Crippen LogP contribution in [0.4, 0.5) is 4.39 Å². The van der Waals surface area contributed by atoms with Crippen molar-refractivity contribution in [3.05, 3.63) is 58.3 Å². The van der Waals surface area contributed by atoms with E-state index >= 15 is 0 Å². The maximum Gasteiger partial charge on any atom is 0.193 e. The fourth-order valence-corrected chi connectivity index (χ4v) is 2.30. The van der Waals surface area contributed by atoms with Crippen LogP contribution in [-0.4, -0.2) is 6.54 Å². The number of rotatable bonds is 5. The summed E-state index contributed by atoms with van der Waals surface area (Å²) in [6, 6.07) is 8.50. The van der Waals surface area contributed by atoms with Gasteiger partial charge in [0, 0.05) is 0 Å². The number of hydrogen-bond acceptors (Lipinski definition) is 2. The fourth-order valence-electron chi connectivity index (χ4n) is 2.14. The molecule has 1 N–H and O–H groups in total. The van der Waals surface area contributed by atoms with E-state index in [0.717, 1.165) is 29.9 Å². The van der Waals surface area contributed by atoms with Gasteiger partial charge in [-0.2, -0.15) is 0 Å². The summed E-state index contributed by atoms with van der Waals surface area (Å²) in [5.74, 6) is 0.595. The molecule has 1 aromatic carbocycles. The second-order valence-corrected chi connectivity index (χ2v) is 4.90. The molecule has 0 aliphatic heterocycles. The van der Waals surface area contributed by atoms with Crippen molar-refractivity contribution in [1.82, 2.24) is 5.32 Å². The van der Waals surface area contributed by atoms with Crippen LogP contribution < -0.4 is 5.32 Å². The van der Waals surface area contributed by atoms with E-state index in [1.807, 2.05) is 26.0 Å². The molecule has 2 aromatic rings. The lowest BCUT2D eigenvalue weighted by molar-refractivity contribution is 0.417. The van der Waals surface area contributed by atoms with Crippen molar-refractivity contribution in [3.8, 4) is 0 Å². The van der Waals surface area contributed by atoms with E-state index in [-0.39, 0.29) is 11.9 Å². The van der Waals surface area contributed by atoms with Gasteiger partial charge in [0.05, 0.1) is 6.04 Å². The van der Waals surface area contributed by atoms with Gasteiger partial charge < -0.3 is 9.73 Å². The predicted molar refractivity (Wildman–Crippen MR) is 75.0 cm³/mol. The highest BCUT2D eigenvalue weighted by Gasteiger charge is 2.16. The van der Waals surface area contributed by atoms with Crippen molar-refractivity contribution in [2.45, 2.75) is 26.3 Å². The van der Waals surface area contributed by atoms with Gasteiger partial charge in [-0.25, -0.2) is 4.39 Å². The number of benzene rings is 1. The van der Waals surface area contributed by atoms with Crippen molar-refractivity contribution in [1.29, 1.82) is 0 Å². The first-order valence-electron chi connectivity index (χ1n) is 6.33. The van der Waals surface area contributed by atoms with Gasteiger partial charge in [0.2, 0.25) is 0 Å². The molecule has 1 heterocycles. The molecule has 19 heavy (non-hydrogen) atoms. The summed E-state index contributed by atoms with van der Waals surface area (Å²) in [7, 11) is 0. The van der Waals surface area contributed by atoms with E-state index in [9.17, 15) is 4.39 Å². The molecule has 0 aliphatic rings. The second kappa shape index (κ2) is 6.22. The summed E-state index contributed by atoms with van der Waals surface area (Å²) in [5, 5.41) is 3.74. The average Bonchev–Trinajstić information content (AvgIpc) is 2.78. The maximum atomic E-state index is 13.1. The van der Waals surface area contributed by atoms with Gasteiger partial charge in [-0.05, 0) is 66.9 Å². The first kappa shape index (κ1) is 14.1. The van der Waals surface area contributed by atoms with Crippen molar-refractivity contribution >= 4 is 11.6 Å². The highest BCUT2D eigenvalue weighted by Crippen LogP contribution is 2.24. The van der Waals surface area contributed by atoms with Crippen LogP contribution in [-0.2, 0) is 6.42 Å². The molecule has 0 spiro atoms. The van der Waals surface area contributed by atoms with Crippen molar-refractivity contribution < 1.29 is 8.81 Å². The summed E-state index contributed by atoms with van der Waals surface area (Å²) in [5.41, 5.74) is 2.04. The minimum Gasteiger partial charge on any atom is -0.448 e. The number of furan rings is 1. The van der Waals surface area contributed by atoms with Crippen LogP contribution in [0.5, 0.6) is 0 Å². The van der Waals surface area contributed by atoms with Gasteiger partial charge in [0.25, 0.3) is 0 Å². The Morgan fingerprint density at radius 1 is 1.32 bits per heavy atom. The zero-order valence-corrected chi connectivity index (χ0v) is 11.8. The lowest BCUT2D eigenvalue weighted by atomic mass is 9.99. The lowest BCUT2D eigenvalue weighted by Gasteiger charge is -2.17. The summed E-state index contributed by atoms with van der Waals surface area (Å²) >= 11 is 5.82. The lowest BCUT2D eigenvalue weighted by Crippen LogP contribution is -2.22. The average molecular weight is 282 g/mol. The van der Waals surface area contributed by atoms with Crippen LogP contribution in [0.1, 0.15) is 29.9 Å². The van der Waals surface area contributed by atoms with Crippen molar-refractivity contribution in [3.63, 3.8) is 0 Å². The highest BCUT2D eigenvalue weighted by atomic mass is 35.5. The second-order valence-electron chi connectivity index (χ2n) is 4.53. The number of nitrogens with one attached hydrogen (secondary N) is 1. The Morgan fingerprint density at radius 3 is 2.68 bits per heavy atom. The Bertz CT molecular complexity index is 553. The number of likely N-dealkylation sites (N-methyl/N-ethyl adjacent to an activating group) is 1. The van der Waals surface area contributed by atoms with Crippen molar-refractivity contribution in [2.75, 3.05) is 6.54 Å². The molecule has 4 heteroatoms. The Hall–Kier alpha value is -1.32. The molecule has 0 saturated heterocycles. The van der Waals surface area contributed by atoms with Crippen LogP contribution in [0.15, 0.2) is 34.7 Å². The molecule has 2 nitrogen and oxygen atoms in total. The van der Waals surface area contributed by atoms with E-state index in [0.29, 0.717) is 5.22 Å². The maximum absolute atomic E-state index is 13.1. The third kappa shape index (κ3) is 3.58. The Balaban J connectivity index is 2.21. The van der Waals surface area contributed by atoms with Crippen LogP contribution in [0.2, 0.25) is 5.22 Å². The van der Waals surface area contributed by atoms with Crippen LogP contribution in [0.3, 0.4) is 0 Å². The van der Waals surface area contributed by atoms with Gasteiger partial charge >= 0.3 is 0 Å². The molecule has 1 aromatic heterocycles. The number of aryl methyl sites for hydroxylation is 1. The molecule has 0 saturated carbocycles. The Labute approximate surface area is 117 Å². The van der Waals surface area contributed by atoms with Gasteiger partial charge in [-0.3, -0.25) is 0 Å². The zero-order chi connectivity index (χ0) is 13.8. The normalized spacial score (nSPS) is 12.6. The van der Waals surface area contributed by atoms with E-state index < -0.39 is 0 Å². The Kier molecular flexibility index (Phi) is 4.61. The molecule has 0 bridgehead atoms. The smallest absolute Gasteiger partial charge is 0.193 e. The molecule has 0 aliphatic carbocycles. The summed E-state index contributed by atoms with van der Waals surface area (Å²) in [6.07, 6.45) is 0.740. The van der Waals surface area contributed by atoms with Crippen molar-refractivity contribution in [2.24, 2.45) is 0 Å². The van der Waals surface area contributed by atoms with Gasteiger partial charge in [0.1, 0.15) is 11.6 Å². The number of halogens is 2. The topological polar surface area (TPSA) is 25.2 Å². The molecule has 0 radical (unpaired) electrons. The van der Waals surface area contributed by atoms with Crippen LogP contribution >= 0.6 is 11.6 Å². The summed E-state index contributed by atoms with van der Waals surface area (Å²) < 4.78 is 18.6. The molecule has 102 valence electrons. The molecular weight excluding hydrogens is 265 g/mol. The Morgan fingerprint density at radius 2 is 2.11 bits per heavy atom. The van der Waals surface area contributed by atoms with Gasteiger partial charge in [-0.15, -0.1) is 0 Å². The minimum atomic E-state index is -0.206. The monoisotopic (exact) mass is 281 g/mol. The van der Waals surface area contributed by atoms with Crippen LogP contribution in [0.25, 0.3) is 0 Å². The van der Waals surface area contributed by atoms with E-state index in [1.165, 1.54) is 6.07 Å². The van der Waals surface area contributed by atoms with E-state index in [1.54, 1.807) is 12.1 Å². The SMILES string of the molecule is CCNC(Cc1ccc(F)cc1C)c1ccc(Cl)o1. The minimum absolute atomic E-state index is 0.0432. The summed E-state index contributed by atoms with van der Waals surface area (Å²) in [4.78, 5) is 0. The third-order valence-corrected chi connectivity index (χ3v) is 3.32. The largest absolute Gasteiger partial charge is 0.448 e. The number of hydrogen-bond donors (Lipinski definition) is 1. The highest BCUT2D eigenvalue weighted by molar-refractivity contribution is 6.28. The fraction of sp³-hybridized carbons (Fsp3) is 0.333. The molecule has 2 rings (SSSR count). The van der Waals surface area contributed by atoms with Crippen LogP contribution in [0, 0.1) is 12.7 Å². The van der Waals surface area contributed by atoms with Gasteiger partial charge in [0.15, 0.2) is 5.22 Å². The van der Waals surface area contributed by atoms with Gasteiger partial charge in [-0.1, -0.05) is 13.0 Å².